The molecule has 3 aromatic rings. The van der Waals surface area contributed by atoms with E-state index in [0.717, 1.165) is 31.9 Å². The Balaban J connectivity index is 0.000000539. The van der Waals surface area contributed by atoms with Crippen molar-refractivity contribution in [2.24, 2.45) is 5.92 Å². The van der Waals surface area contributed by atoms with Gasteiger partial charge in [-0.15, -0.1) is 11.4 Å². The summed E-state index contributed by atoms with van der Waals surface area (Å²) in [6, 6.07) is 11.5. The second-order valence-electron chi connectivity index (χ2n) is 8.10. The molecule has 0 aliphatic heterocycles. The van der Waals surface area contributed by atoms with Crippen molar-refractivity contribution < 1.29 is 55.4 Å². The monoisotopic (exact) mass is 578 g/mol. The number of hydrogen-bond donors (Lipinski definition) is 0. The summed E-state index contributed by atoms with van der Waals surface area (Å²) in [6.07, 6.45) is 4.62. The predicted molar refractivity (Wildman–Crippen MR) is 127 cm³/mol. The molecule has 0 amide bonds. The molecule has 0 bridgehead atoms. The van der Waals surface area contributed by atoms with E-state index in [9.17, 15) is 18.0 Å². The SMILES string of the molecule is CC(=O)C1CC1.CCc1cc(Oc2ccc([N-]c3ccc(Cl)c(C(C)(F)F)c3)cc2F)ccn1.[Y]. The number of hydrogen-bond acceptors (Lipinski definition) is 3. The number of rotatable bonds is 7. The molecule has 1 saturated carbocycles. The fourth-order valence-electron chi connectivity index (χ4n) is 3.04. The molecule has 1 aromatic heterocycles. The minimum atomic E-state index is -3.10. The number of nitrogens with zero attached hydrogens (tertiary/aromatic N) is 2. The molecule has 35 heavy (non-hydrogen) atoms. The number of Topliss-reactive ketones (excluding diaryl/α,β-unsaturated/α-hetero) is 1. The third-order valence-corrected chi connectivity index (χ3v) is 5.46. The molecule has 0 saturated heterocycles. The van der Waals surface area contributed by atoms with Gasteiger partial charge in [-0.05, 0) is 50.5 Å². The smallest absolute Gasteiger partial charge is 0.271 e. The fourth-order valence-corrected chi connectivity index (χ4v) is 3.32. The van der Waals surface area contributed by atoms with Crippen molar-refractivity contribution in [3.8, 4) is 11.5 Å². The number of ether oxygens (including phenoxy) is 1. The summed E-state index contributed by atoms with van der Waals surface area (Å²) >= 11 is 5.83. The zero-order valence-corrected chi connectivity index (χ0v) is 23.3. The Bertz CT molecular complexity index is 1170. The molecule has 4 rings (SSSR count). The Morgan fingerprint density at radius 2 is 1.80 bits per heavy atom. The summed E-state index contributed by atoms with van der Waals surface area (Å²) in [5.74, 6) is -2.38. The van der Waals surface area contributed by atoms with Gasteiger partial charge in [0.15, 0.2) is 11.6 Å². The molecule has 0 unspecified atom stereocenters. The van der Waals surface area contributed by atoms with E-state index in [0.29, 0.717) is 17.5 Å². The zero-order valence-electron chi connectivity index (χ0n) is 19.7. The Morgan fingerprint density at radius 3 is 2.34 bits per heavy atom. The summed E-state index contributed by atoms with van der Waals surface area (Å²) in [5.41, 5.74) is 1.01. The van der Waals surface area contributed by atoms with Crippen molar-refractivity contribution in [1.82, 2.24) is 4.98 Å². The number of carbonyl (C=O) groups excluding carboxylic acids is 1. The molecule has 2 aromatic carbocycles. The van der Waals surface area contributed by atoms with E-state index in [1.807, 2.05) is 6.92 Å². The van der Waals surface area contributed by atoms with Crippen molar-refractivity contribution in [3.05, 3.63) is 82.1 Å². The average molecular weight is 579 g/mol. The molecule has 1 fully saturated rings. The van der Waals surface area contributed by atoms with Crippen LogP contribution in [0.1, 0.15) is 44.9 Å². The summed E-state index contributed by atoms with van der Waals surface area (Å²) in [7, 11) is 0. The number of aromatic nitrogens is 1. The zero-order chi connectivity index (χ0) is 24.9. The van der Waals surface area contributed by atoms with E-state index in [-0.39, 0.29) is 60.4 Å². The second kappa shape index (κ2) is 12.8. The molecule has 1 aliphatic rings. The summed E-state index contributed by atoms with van der Waals surface area (Å²) in [5, 5.41) is 4.14. The molecule has 9 heteroatoms. The van der Waals surface area contributed by atoms with Crippen molar-refractivity contribution in [3.63, 3.8) is 0 Å². The second-order valence-corrected chi connectivity index (χ2v) is 8.51. The maximum Gasteiger partial charge on any atom is 0.271 e. The van der Waals surface area contributed by atoms with E-state index in [4.69, 9.17) is 16.3 Å². The topological polar surface area (TPSA) is 53.3 Å². The normalized spacial score (nSPS) is 12.7. The van der Waals surface area contributed by atoms with Crippen molar-refractivity contribution >= 4 is 28.8 Å². The van der Waals surface area contributed by atoms with Gasteiger partial charge in [-0.3, -0.25) is 9.78 Å². The van der Waals surface area contributed by atoms with Crippen LogP contribution in [0.15, 0.2) is 54.7 Å². The molecule has 1 radical (unpaired) electrons. The van der Waals surface area contributed by atoms with Gasteiger partial charge in [0.25, 0.3) is 5.92 Å². The molecule has 1 aliphatic carbocycles. The van der Waals surface area contributed by atoms with Crippen molar-refractivity contribution in [1.29, 1.82) is 0 Å². The standard InChI is InChI=1S/C21H17ClF3N2O.C5H8O.Y/c1-3-13-10-16(8-9-26-13)28-20-7-5-15(12-19(20)23)27-14-4-6-18(22)17(11-14)21(2,24)25;1-4(6)5-2-3-5;/h4-12H,3H2,1-2H3;5H,2-3H2,1H3;/q-1;;. The van der Waals surface area contributed by atoms with Gasteiger partial charge in [0, 0.05) is 74.1 Å². The largest absolute Gasteiger partial charge is 0.658 e. The molecule has 0 spiro atoms. The van der Waals surface area contributed by atoms with E-state index >= 15 is 0 Å². The summed E-state index contributed by atoms with van der Waals surface area (Å²) in [6.45, 7) is 4.38. The number of aryl methyl sites for hydroxylation is 1. The average Bonchev–Trinajstić information content (AvgIpc) is 3.63. The minimum absolute atomic E-state index is 0. The third-order valence-electron chi connectivity index (χ3n) is 5.13. The Morgan fingerprint density at radius 1 is 1.14 bits per heavy atom. The van der Waals surface area contributed by atoms with Gasteiger partial charge in [-0.25, -0.2) is 13.2 Å². The van der Waals surface area contributed by atoms with Crippen LogP contribution in [0.2, 0.25) is 5.02 Å². The first-order chi connectivity index (χ1) is 16.1. The number of alkyl halides is 2. The number of ketones is 1. The molecular weight excluding hydrogens is 554 g/mol. The van der Waals surface area contributed by atoms with Crippen molar-refractivity contribution in [2.75, 3.05) is 0 Å². The molecule has 4 nitrogen and oxygen atoms in total. The van der Waals surface area contributed by atoms with Gasteiger partial charge in [-0.2, -0.15) is 0 Å². The number of carbonyl (C=O) groups is 1. The molecular formula is C26H25ClF3N2O2Y-. The number of benzene rings is 2. The number of pyridine rings is 1. The fraction of sp³-hybridized carbons (Fsp3) is 0.308. The van der Waals surface area contributed by atoms with Crippen LogP contribution < -0.4 is 4.74 Å². The van der Waals surface area contributed by atoms with E-state index in [1.54, 1.807) is 31.3 Å². The Labute approximate surface area is 233 Å². The van der Waals surface area contributed by atoms with Crippen LogP contribution in [-0.4, -0.2) is 10.8 Å². The van der Waals surface area contributed by atoms with Gasteiger partial charge in [0.1, 0.15) is 11.5 Å². The van der Waals surface area contributed by atoms with E-state index in [1.165, 1.54) is 30.3 Å². The van der Waals surface area contributed by atoms with Crippen LogP contribution >= 0.6 is 11.6 Å². The van der Waals surface area contributed by atoms with Gasteiger partial charge in [-0.1, -0.05) is 36.7 Å². The van der Waals surface area contributed by atoms with Gasteiger partial charge < -0.3 is 10.1 Å². The van der Waals surface area contributed by atoms with Crippen LogP contribution in [-0.2, 0) is 49.8 Å². The maximum atomic E-state index is 14.4. The molecule has 1 heterocycles. The summed E-state index contributed by atoms with van der Waals surface area (Å²) in [4.78, 5) is 14.4. The van der Waals surface area contributed by atoms with Crippen LogP contribution in [0.5, 0.6) is 11.5 Å². The first-order valence-corrected chi connectivity index (χ1v) is 11.3. The van der Waals surface area contributed by atoms with Crippen LogP contribution in [0.4, 0.5) is 24.5 Å². The molecule has 183 valence electrons. The van der Waals surface area contributed by atoms with Gasteiger partial charge >= 0.3 is 0 Å². The van der Waals surface area contributed by atoms with Gasteiger partial charge in [0.05, 0.1) is 0 Å². The van der Waals surface area contributed by atoms with E-state index < -0.39 is 11.7 Å². The van der Waals surface area contributed by atoms with Gasteiger partial charge in [0.2, 0.25) is 0 Å². The maximum absolute atomic E-state index is 14.4. The van der Waals surface area contributed by atoms with E-state index in [2.05, 4.69) is 10.3 Å². The number of halogens is 4. The first-order valence-electron chi connectivity index (χ1n) is 10.9. The Kier molecular flexibility index (Phi) is 10.7. The quantitative estimate of drug-likeness (QED) is 0.282. The van der Waals surface area contributed by atoms with Crippen LogP contribution in [0, 0.1) is 11.7 Å². The van der Waals surface area contributed by atoms with Crippen LogP contribution in [0.3, 0.4) is 0 Å². The summed E-state index contributed by atoms with van der Waals surface area (Å²) < 4.78 is 47.2. The molecule has 0 N–H and O–H groups in total. The first kappa shape index (κ1) is 29.3. The van der Waals surface area contributed by atoms with Crippen molar-refractivity contribution in [2.45, 2.75) is 46.0 Å². The predicted octanol–water partition coefficient (Wildman–Crippen LogP) is 8.66. The van der Waals surface area contributed by atoms with Crippen LogP contribution in [0.25, 0.3) is 5.32 Å². The third kappa shape index (κ3) is 8.89. The molecule has 0 atom stereocenters. The Hall–Kier alpha value is -1.96. The minimum Gasteiger partial charge on any atom is -0.658 e.